The first kappa shape index (κ1) is 22.2. The number of Topliss-reactive ketones (excluding diaryl/α,β-unsaturated/α-hetero) is 1. The SMILES string of the molecule is COCCN1C(=O)C(=O)C(=C(O)c2ccc(OCc3ccccc3)cc2)C1c1ccncc1. The summed E-state index contributed by atoms with van der Waals surface area (Å²) in [5.41, 5.74) is 2.19. The van der Waals surface area contributed by atoms with Crippen LogP contribution in [0.4, 0.5) is 0 Å². The molecule has 0 saturated carbocycles. The Labute approximate surface area is 191 Å². The first-order valence-corrected chi connectivity index (χ1v) is 10.5. The van der Waals surface area contributed by atoms with E-state index in [-0.39, 0.29) is 24.5 Å². The van der Waals surface area contributed by atoms with Crippen LogP contribution in [0, 0.1) is 0 Å². The minimum Gasteiger partial charge on any atom is -0.507 e. The quantitative estimate of drug-likeness (QED) is 0.324. The van der Waals surface area contributed by atoms with E-state index in [1.165, 1.54) is 12.0 Å². The number of nitrogens with zero attached hydrogens (tertiary/aromatic N) is 2. The van der Waals surface area contributed by atoms with Gasteiger partial charge in [-0.25, -0.2) is 0 Å². The van der Waals surface area contributed by atoms with Crippen LogP contribution in [0.2, 0.25) is 0 Å². The van der Waals surface area contributed by atoms with Gasteiger partial charge in [0.15, 0.2) is 0 Å². The van der Waals surface area contributed by atoms with Gasteiger partial charge in [0.2, 0.25) is 0 Å². The van der Waals surface area contributed by atoms with Crippen molar-refractivity contribution in [2.45, 2.75) is 12.6 Å². The third-order valence-corrected chi connectivity index (χ3v) is 5.47. The van der Waals surface area contributed by atoms with Crippen LogP contribution < -0.4 is 4.74 Å². The van der Waals surface area contributed by atoms with Crippen molar-refractivity contribution < 1.29 is 24.2 Å². The zero-order valence-electron chi connectivity index (χ0n) is 18.2. The predicted octanol–water partition coefficient (Wildman–Crippen LogP) is 3.73. The van der Waals surface area contributed by atoms with Crippen molar-refractivity contribution in [1.82, 2.24) is 9.88 Å². The number of ketones is 1. The molecular weight excluding hydrogens is 420 g/mol. The number of aromatic nitrogens is 1. The second kappa shape index (κ2) is 10.1. The molecule has 1 saturated heterocycles. The van der Waals surface area contributed by atoms with Crippen LogP contribution in [0.3, 0.4) is 0 Å². The van der Waals surface area contributed by atoms with E-state index in [1.807, 2.05) is 30.3 Å². The van der Waals surface area contributed by atoms with E-state index in [2.05, 4.69) is 4.98 Å². The Hall–Kier alpha value is -3.97. The van der Waals surface area contributed by atoms with Crippen LogP contribution in [0.15, 0.2) is 84.7 Å². The summed E-state index contributed by atoms with van der Waals surface area (Å²) in [5, 5.41) is 11.1. The van der Waals surface area contributed by atoms with Gasteiger partial charge in [-0.1, -0.05) is 30.3 Å². The highest BCUT2D eigenvalue weighted by Crippen LogP contribution is 2.39. The fraction of sp³-hybridized carbons (Fsp3) is 0.192. The molecule has 1 aliphatic rings. The van der Waals surface area contributed by atoms with Gasteiger partial charge in [-0.15, -0.1) is 0 Å². The van der Waals surface area contributed by atoms with Gasteiger partial charge >= 0.3 is 0 Å². The second-order valence-corrected chi connectivity index (χ2v) is 7.56. The summed E-state index contributed by atoms with van der Waals surface area (Å²) in [5.74, 6) is -1.00. The molecule has 7 heteroatoms. The van der Waals surface area contributed by atoms with Crippen LogP contribution >= 0.6 is 0 Å². The van der Waals surface area contributed by atoms with Crippen molar-refractivity contribution in [2.75, 3.05) is 20.3 Å². The lowest BCUT2D eigenvalue weighted by molar-refractivity contribution is -0.140. The fourth-order valence-electron chi connectivity index (χ4n) is 3.80. The maximum Gasteiger partial charge on any atom is 0.295 e. The number of rotatable bonds is 8. The first-order valence-electron chi connectivity index (χ1n) is 10.5. The van der Waals surface area contributed by atoms with E-state index >= 15 is 0 Å². The molecule has 33 heavy (non-hydrogen) atoms. The minimum absolute atomic E-state index is 0.0419. The molecule has 1 unspecified atom stereocenters. The normalized spacial score (nSPS) is 17.4. The average Bonchev–Trinajstić information content (AvgIpc) is 3.12. The van der Waals surface area contributed by atoms with Crippen LogP contribution in [0.25, 0.3) is 5.76 Å². The smallest absolute Gasteiger partial charge is 0.295 e. The molecule has 1 fully saturated rings. The summed E-state index contributed by atoms with van der Waals surface area (Å²) in [6.45, 7) is 0.901. The Balaban J connectivity index is 1.63. The number of benzene rings is 2. The molecule has 1 N–H and O–H groups in total. The number of pyridine rings is 1. The number of hydrogen-bond donors (Lipinski definition) is 1. The van der Waals surface area contributed by atoms with Crippen molar-refractivity contribution in [3.05, 3.63) is 101 Å². The topological polar surface area (TPSA) is 89.0 Å². The molecule has 7 nitrogen and oxygen atoms in total. The zero-order valence-corrected chi connectivity index (χ0v) is 18.2. The Bertz CT molecular complexity index is 1140. The van der Waals surface area contributed by atoms with E-state index < -0.39 is 17.7 Å². The molecule has 2 heterocycles. The molecule has 1 aromatic heterocycles. The first-order chi connectivity index (χ1) is 16.1. The third-order valence-electron chi connectivity index (χ3n) is 5.47. The van der Waals surface area contributed by atoms with E-state index in [0.29, 0.717) is 23.5 Å². The molecule has 3 aromatic rings. The second-order valence-electron chi connectivity index (χ2n) is 7.56. The van der Waals surface area contributed by atoms with Crippen molar-refractivity contribution in [1.29, 1.82) is 0 Å². The van der Waals surface area contributed by atoms with Gasteiger partial charge in [0.25, 0.3) is 11.7 Å². The highest BCUT2D eigenvalue weighted by atomic mass is 16.5. The van der Waals surface area contributed by atoms with Gasteiger partial charge < -0.3 is 19.5 Å². The largest absolute Gasteiger partial charge is 0.507 e. The number of aliphatic hydroxyl groups is 1. The van der Waals surface area contributed by atoms with Gasteiger partial charge in [0.1, 0.15) is 18.1 Å². The predicted molar refractivity (Wildman–Crippen MR) is 122 cm³/mol. The lowest BCUT2D eigenvalue weighted by Crippen LogP contribution is -2.32. The molecule has 168 valence electrons. The lowest BCUT2D eigenvalue weighted by Gasteiger charge is -2.24. The van der Waals surface area contributed by atoms with E-state index in [4.69, 9.17) is 9.47 Å². The van der Waals surface area contributed by atoms with E-state index in [0.717, 1.165) is 5.56 Å². The summed E-state index contributed by atoms with van der Waals surface area (Å²) >= 11 is 0. The standard InChI is InChI=1S/C26H24N2O5/c1-32-16-15-28-23(19-11-13-27-14-12-19)22(25(30)26(28)31)24(29)20-7-9-21(10-8-20)33-17-18-5-3-2-4-6-18/h2-14,23,29H,15-17H2,1H3. The Morgan fingerprint density at radius 1 is 1.00 bits per heavy atom. The van der Waals surface area contributed by atoms with Crippen molar-refractivity contribution in [2.24, 2.45) is 0 Å². The van der Waals surface area contributed by atoms with Crippen LogP contribution in [-0.4, -0.2) is 46.9 Å². The molecule has 1 amide bonds. The summed E-state index contributed by atoms with van der Waals surface area (Å²) in [4.78, 5) is 31.1. The number of carbonyl (C=O) groups excluding carboxylic acids is 2. The molecule has 0 spiro atoms. The number of methoxy groups -OCH3 is 1. The number of aliphatic hydroxyl groups excluding tert-OH is 1. The summed E-state index contributed by atoms with van der Waals surface area (Å²) in [6, 6.07) is 19.3. The molecular formula is C26H24N2O5. The maximum absolute atomic E-state index is 12.9. The Kier molecular flexibility index (Phi) is 6.80. The fourth-order valence-corrected chi connectivity index (χ4v) is 3.80. The van der Waals surface area contributed by atoms with Crippen molar-refractivity contribution in [3.8, 4) is 5.75 Å². The molecule has 0 aliphatic carbocycles. The zero-order chi connectivity index (χ0) is 23.2. The number of likely N-dealkylation sites (tertiary alicyclic amines) is 1. The van der Waals surface area contributed by atoms with Crippen molar-refractivity contribution >= 4 is 17.4 Å². The molecule has 2 aromatic carbocycles. The van der Waals surface area contributed by atoms with Crippen LogP contribution in [-0.2, 0) is 20.9 Å². The highest BCUT2D eigenvalue weighted by molar-refractivity contribution is 6.46. The Morgan fingerprint density at radius 2 is 1.70 bits per heavy atom. The van der Waals surface area contributed by atoms with Crippen LogP contribution in [0.1, 0.15) is 22.7 Å². The summed E-state index contributed by atoms with van der Waals surface area (Å²) in [6.07, 6.45) is 3.18. The van der Waals surface area contributed by atoms with Gasteiger partial charge in [0, 0.05) is 31.6 Å². The summed E-state index contributed by atoms with van der Waals surface area (Å²) in [7, 11) is 1.53. The van der Waals surface area contributed by atoms with Crippen molar-refractivity contribution in [3.63, 3.8) is 0 Å². The molecule has 4 rings (SSSR count). The monoisotopic (exact) mass is 444 g/mol. The number of carbonyl (C=O) groups is 2. The van der Waals surface area contributed by atoms with Gasteiger partial charge in [-0.3, -0.25) is 14.6 Å². The molecule has 1 atom stereocenters. The van der Waals surface area contributed by atoms with E-state index in [9.17, 15) is 14.7 Å². The lowest BCUT2D eigenvalue weighted by atomic mass is 9.96. The molecule has 1 aliphatic heterocycles. The van der Waals surface area contributed by atoms with Crippen LogP contribution in [0.5, 0.6) is 5.75 Å². The molecule has 0 radical (unpaired) electrons. The highest BCUT2D eigenvalue weighted by Gasteiger charge is 2.45. The number of amides is 1. The maximum atomic E-state index is 12.9. The van der Waals surface area contributed by atoms with Gasteiger partial charge in [0.05, 0.1) is 18.2 Å². The number of hydrogen-bond acceptors (Lipinski definition) is 6. The summed E-state index contributed by atoms with van der Waals surface area (Å²) < 4.78 is 10.9. The number of ether oxygens (including phenoxy) is 2. The minimum atomic E-state index is -0.727. The average molecular weight is 444 g/mol. The van der Waals surface area contributed by atoms with E-state index in [1.54, 1.807) is 48.8 Å². The third kappa shape index (κ3) is 4.78. The Morgan fingerprint density at radius 3 is 2.36 bits per heavy atom. The van der Waals surface area contributed by atoms with Gasteiger partial charge in [-0.2, -0.15) is 0 Å². The molecule has 0 bridgehead atoms. The van der Waals surface area contributed by atoms with Gasteiger partial charge in [-0.05, 0) is 47.5 Å².